The predicted molar refractivity (Wildman–Crippen MR) is 94.5 cm³/mol. The van der Waals surface area contributed by atoms with Crippen LogP contribution in [0.25, 0.3) is 6.08 Å². The zero-order valence-electron chi connectivity index (χ0n) is 12.9. The molecule has 1 aromatic rings. The van der Waals surface area contributed by atoms with Crippen LogP contribution in [0.4, 0.5) is 0 Å². The second-order valence-corrected chi connectivity index (χ2v) is 5.80. The molecule has 0 N–H and O–H groups in total. The number of carbonyl (C=O) groups is 1. The quantitative estimate of drug-likeness (QED) is 0.271. The smallest absolute Gasteiger partial charge is 0.333 e. The van der Waals surface area contributed by atoms with E-state index in [1.807, 2.05) is 38.1 Å². The average Bonchev–Trinajstić information content (AvgIpc) is 2.48. The lowest BCUT2D eigenvalue weighted by Gasteiger charge is -2.09. The highest BCUT2D eigenvalue weighted by Crippen LogP contribution is 2.24. The summed E-state index contributed by atoms with van der Waals surface area (Å²) in [6, 6.07) is 5.97. The maximum absolute atomic E-state index is 11.8. The van der Waals surface area contributed by atoms with Crippen LogP contribution in [-0.2, 0) is 9.53 Å². The van der Waals surface area contributed by atoms with E-state index >= 15 is 0 Å². The molecule has 0 fully saturated rings. The van der Waals surface area contributed by atoms with E-state index in [1.165, 1.54) is 0 Å². The van der Waals surface area contributed by atoms with Crippen molar-refractivity contribution in [3.05, 3.63) is 32.9 Å². The standard InChI is InChI=1S/C17H23IO3/c1-4-7-10-21-16-12-13(8-9-15(16)18)11-14(5-2)17(19)20-6-3/h8-9,11-12H,4-7,10H2,1-3H3/b14-11+. The Morgan fingerprint density at radius 2 is 2.05 bits per heavy atom. The molecule has 1 rings (SSSR count). The van der Waals surface area contributed by atoms with Gasteiger partial charge in [0.15, 0.2) is 0 Å². The van der Waals surface area contributed by atoms with Gasteiger partial charge >= 0.3 is 5.97 Å². The lowest BCUT2D eigenvalue weighted by molar-refractivity contribution is -0.138. The van der Waals surface area contributed by atoms with Crippen LogP contribution in [0.3, 0.4) is 0 Å². The van der Waals surface area contributed by atoms with Gasteiger partial charge in [-0.25, -0.2) is 4.79 Å². The molecule has 21 heavy (non-hydrogen) atoms. The molecule has 0 aliphatic heterocycles. The molecular weight excluding hydrogens is 379 g/mol. The molecule has 4 heteroatoms. The number of hydrogen-bond donors (Lipinski definition) is 0. The van der Waals surface area contributed by atoms with Crippen LogP contribution in [-0.4, -0.2) is 19.2 Å². The van der Waals surface area contributed by atoms with Gasteiger partial charge in [-0.05, 0) is 66.1 Å². The summed E-state index contributed by atoms with van der Waals surface area (Å²) < 4.78 is 11.9. The average molecular weight is 402 g/mol. The summed E-state index contributed by atoms with van der Waals surface area (Å²) in [5.41, 5.74) is 1.64. The van der Waals surface area contributed by atoms with Crippen LogP contribution in [0, 0.1) is 3.57 Å². The van der Waals surface area contributed by atoms with E-state index in [2.05, 4.69) is 29.5 Å². The third kappa shape index (κ3) is 6.08. The minimum absolute atomic E-state index is 0.244. The second-order valence-electron chi connectivity index (χ2n) is 4.64. The monoisotopic (exact) mass is 402 g/mol. The van der Waals surface area contributed by atoms with Gasteiger partial charge in [-0.15, -0.1) is 0 Å². The van der Waals surface area contributed by atoms with Crippen molar-refractivity contribution >= 4 is 34.6 Å². The molecule has 0 bridgehead atoms. The molecule has 1 aromatic carbocycles. The molecule has 0 aromatic heterocycles. The van der Waals surface area contributed by atoms with Gasteiger partial charge in [-0.1, -0.05) is 26.3 Å². The van der Waals surface area contributed by atoms with Crippen LogP contribution in [0.2, 0.25) is 0 Å². The molecular formula is C17H23IO3. The van der Waals surface area contributed by atoms with Crippen molar-refractivity contribution in [1.29, 1.82) is 0 Å². The van der Waals surface area contributed by atoms with Gasteiger partial charge in [0.1, 0.15) is 5.75 Å². The molecule has 0 saturated heterocycles. The van der Waals surface area contributed by atoms with Gasteiger partial charge in [-0.2, -0.15) is 0 Å². The minimum atomic E-state index is -0.244. The molecule has 0 heterocycles. The largest absolute Gasteiger partial charge is 0.492 e. The summed E-state index contributed by atoms with van der Waals surface area (Å²) >= 11 is 2.26. The number of hydrogen-bond acceptors (Lipinski definition) is 3. The van der Waals surface area contributed by atoms with Crippen molar-refractivity contribution in [1.82, 2.24) is 0 Å². The van der Waals surface area contributed by atoms with Gasteiger partial charge < -0.3 is 9.47 Å². The lowest BCUT2D eigenvalue weighted by atomic mass is 10.1. The van der Waals surface area contributed by atoms with Crippen molar-refractivity contribution < 1.29 is 14.3 Å². The third-order valence-electron chi connectivity index (χ3n) is 2.97. The van der Waals surface area contributed by atoms with Crippen LogP contribution < -0.4 is 4.74 Å². The molecule has 0 aliphatic rings. The highest BCUT2D eigenvalue weighted by Gasteiger charge is 2.09. The second kappa shape index (κ2) is 9.82. The summed E-state index contributed by atoms with van der Waals surface area (Å²) in [6.45, 7) is 7.02. The SMILES string of the molecule is CCCCOc1cc(/C=C(\CC)C(=O)OCC)ccc1I. The Hall–Kier alpha value is -1.04. The molecule has 0 spiro atoms. The number of rotatable bonds is 8. The van der Waals surface area contributed by atoms with Crippen LogP contribution >= 0.6 is 22.6 Å². The van der Waals surface area contributed by atoms with E-state index < -0.39 is 0 Å². The fourth-order valence-electron chi connectivity index (χ4n) is 1.78. The summed E-state index contributed by atoms with van der Waals surface area (Å²) in [7, 11) is 0. The van der Waals surface area contributed by atoms with Crippen molar-refractivity contribution in [2.24, 2.45) is 0 Å². The normalized spacial score (nSPS) is 11.3. The van der Waals surface area contributed by atoms with Gasteiger partial charge in [-0.3, -0.25) is 0 Å². The summed E-state index contributed by atoms with van der Waals surface area (Å²) in [5, 5.41) is 0. The molecule has 116 valence electrons. The summed E-state index contributed by atoms with van der Waals surface area (Å²) in [5.74, 6) is 0.629. The van der Waals surface area contributed by atoms with Gasteiger partial charge in [0.25, 0.3) is 0 Å². The van der Waals surface area contributed by atoms with Crippen molar-refractivity contribution in [2.75, 3.05) is 13.2 Å². The maximum Gasteiger partial charge on any atom is 0.333 e. The summed E-state index contributed by atoms with van der Waals surface area (Å²) in [6.07, 6.45) is 4.68. The Balaban J connectivity index is 2.91. The molecule has 0 radical (unpaired) electrons. The molecule has 3 nitrogen and oxygen atoms in total. The Morgan fingerprint density at radius 1 is 1.29 bits per heavy atom. The first-order valence-electron chi connectivity index (χ1n) is 7.42. The Kier molecular flexibility index (Phi) is 8.42. The zero-order valence-corrected chi connectivity index (χ0v) is 15.1. The third-order valence-corrected chi connectivity index (χ3v) is 3.86. The summed E-state index contributed by atoms with van der Waals surface area (Å²) in [4.78, 5) is 11.8. The number of esters is 1. The highest BCUT2D eigenvalue weighted by molar-refractivity contribution is 14.1. The fraction of sp³-hybridized carbons (Fsp3) is 0.471. The number of unbranched alkanes of at least 4 members (excludes halogenated alkanes) is 1. The topological polar surface area (TPSA) is 35.5 Å². The maximum atomic E-state index is 11.8. The van der Waals surface area contributed by atoms with E-state index in [-0.39, 0.29) is 5.97 Å². The minimum Gasteiger partial charge on any atom is -0.492 e. The van der Waals surface area contributed by atoms with Crippen molar-refractivity contribution in [2.45, 2.75) is 40.0 Å². The van der Waals surface area contributed by atoms with E-state index in [1.54, 1.807) is 0 Å². The predicted octanol–water partition coefficient (Wildman–Crippen LogP) is 4.83. The van der Waals surface area contributed by atoms with Crippen molar-refractivity contribution in [3.8, 4) is 5.75 Å². The van der Waals surface area contributed by atoms with Gasteiger partial charge in [0.2, 0.25) is 0 Å². The molecule has 0 amide bonds. The first kappa shape index (κ1) is 18.0. The lowest BCUT2D eigenvalue weighted by Crippen LogP contribution is -2.06. The first-order valence-corrected chi connectivity index (χ1v) is 8.50. The van der Waals surface area contributed by atoms with E-state index in [9.17, 15) is 4.79 Å². The molecule has 0 aliphatic carbocycles. The van der Waals surface area contributed by atoms with E-state index in [0.29, 0.717) is 18.6 Å². The number of halogens is 1. The number of benzene rings is 1. The van der Waals surface area contributed by atoms with Gasteiger partial charge in [0.05, 0.1) is 16.8 Å². The van der Waals surface area contributed by atoms with E-state index in [0.717, 1.165) is 34.3 Å². The molecule has 0 unspecified atom stereocenters. The Bertz CT molecular complexity index is 495. The van der Waals surface area contributed by atoms with Crippen LogP contribution in [0.5, 0.6) is 5.75 Å². The zero-order chi connectivity index (χ0) is 15.7. The first-order chi connectivity index (χ1) is 10.1. The highest BCUT2D eigenvalue weighted by atomic mass is 127. The molecule has 0 saturated carbocycles. The number of carbonyl (C=O) groups excluding carboxylic acids is 1. The van der Waals surface area contributed by atoms with Crippen molar-refractivity contribution in [3.63, 3.8) is 0 Å². The number of ether oxygens (including phenoxy) is 2. The van der Waals surface area contributed by atoms with Crippen LogP contribution in [0.15, 0.2) is 23.8 Å². The van der Waals surface area contributed by atoms with Gasteiger partial charge in [0, 0.05) is 5.57 Å². The Labute approximate surface area is 140 Å². The molecule has 0 atom stereocenters. The Morgan fingerprint density at radius 3 is 2.67 bits per heavy atom. The van der Waals surface area contributed by atoms with E-state index in [4.69, 9.17) is 9.47 Å². The van der Waals surface area contributed by atoms with Crippen LogP contribution in [0.1, 0.15) is 45.6 Å². The fourth-order valence-corrected chi connectivity index (χ4v) is 2.27.